The molecule has 0 aliphatic heterocycles. The summed E-state index contributed by atoms with van der Waals surface area (Å²) in [5.41, 5.74) is 1.53. The number of aromatic carboxylic acids is 1. The summed E-state index contributed by atoms with van der Waals surface area (Å²) in [7, 11) is 0. The van der Waals surface area contributed by atoms with Gasteiger partial charge in [0, 0.05) is 11.4 Å². The van der Waals surface area contributed by atoms with E-state index in [1.165, 1.54) is 12.1 Å². The van der Waals surface area contributed by atoms with Gasteiger partial charge in [-0.15, -0.1) is 0 Å². The molecule has 0 saturated carbocycles. The zero-order valence-corrected chi connectivity index (χ0v) is 11.2. The normalized spacial score (nSPS) is 10.5. The first kappa shape index (κ1) is 13.5. The van der Waals surface area contributed by atoms with Gasteiger partial charge in [0.15, 0.2) is 5.16 Å². The number of carbonyl (C=O) groups is 1. The van der Waals surface area contributed by atoms with Crippen molar-refractivity contribution >= 4 is 17.7 Å². The van der Waals surface area contributed by atoms with Crippen molar-refractivity contribution in [2.45, 2.75) is 23.9 Å². The molecule has 2 aromatic rings. The number of aryl methyl sites for hydroxylation is 2. The van der Waals surface area contributed by atoms with Gasteiger partial charge in [-0.05, 0) is 49.9 Å². The monoisotopic (exact) mass is 278 g/mol. The second kappa shape index (κ2) is 5.36. The van der Waals surface area contributed by atoms with Crippen molar-refractivity contribution in [3.63, 3.8) is 0 Å². The second-order valence-electron chi connectivity index (χ2n) is 3.99. The number of hydrogen-bond acceptors (Lipinski definition) is 4. The molecule has 0 bridgehead atoms. The summed E-state index contributed by atoms with van der Waals surface area (Å²) in [6.45, 7) is 3.67. The fourth-order valence-corrected chi connectivity index (χ4v) is 2.42. The number of hydrogen-bond donors (Lipinski definition) is 1. The van der Waals surface area contributed by atoms with Crippen LogP contribution in [0.25, 0.3) is 0 Å². The molecule has 0 radical (unpaired) electrons. The zero-order valence-electron chi connectivity index (χ0n) is 10.3. The van der Waals surface area contributed by atoms with Crippen LogP contribution in [0.15, 0.2) is 34.3 Å². The van der Waals surface area contributed by atoms with Gasteiger partial charge < -0.3 is 5.11 Å². The molecule has 0 fully saturated rings. The number of halogens is 1. The van der Waals surface area contributed by atoms with Gasteiger partial charge in [-0.2, -0.15) is 0 Å². The molecule has 1 aromatic carbocycles. The molecule has 0 spiro atoms. The third-order valence-corrected chi connectivity index (χ3v) is 3.26. The Balaban J connectivity index is 2.30. The van der Waals surface area contributed by atoms with E-state index in [1.54, 1.807) is 0 Å². The van der Waals surface area contributed by atoms with Crippen molar-refractivity contribution in [2.24, 2.45) is 0 Å². The van der Waals surface area contributed by atoms with Gasteiger partial charge in [-0.3, -0.25) is 0 Å². The Hall–Kier alpha value is -1.95. The minimum Gasteiger partial charge on any atom is -0.478 e. The van der Waals surface area contributed by atoms with E-state index in [9.17, 15) is 9.18 Å². The van der Waals surface area contributed by atoms with Gasteiger partial charge in [-0.25, -0.2) is 19.2 Å². The van der Waals surface area contributed by atoms with Crippen LogP contribution < -0.4 is 0 Å². The molecular weight excluding hydrogens is 267 g/mol. The molecule has 0 unspecified atom stereocenters. The number of benzene rings is 1. The number of nitrogens with zero attached hydrogens (tertiary/aromatic N) is 2. The van der Waals surface area contributed by atoms with Crippen LogP contribution in [0.4, 0.5) is 4.39 Å². The van der Waals surface area contributed by atoms with Crippen LogP contribution in [0.3, 0.4) is 0 Å². The van der Waals surface area contributed by atoms with Crippen LogP contribution in [0.1, 0.15) is 21.7 Å². The van der Waals surface area contributed by atoms with E-state index in [2.05, 4.69) is 9.97 Å². The van der Waals surface area contributed by atoms with Crippen molar-refractivity contribution < 1.29 is 14.3 Å². The Labute approximate surface area is 113 Å². The lowest BCUT2D eigenvalue weighted by Crippen LogP contribution is -1.98. The van der Waals surface area contributed by atoms with E-state index in [4.69, 9.17) is 5.11 Å². The van der Waals surface area contributed by atoms with Crippen LogP contribution in [-0.2, 0) is 0 Å². The first-order valence-electron chi connectivity index (χ1n) is 5.48. The quantitative estimate of drug-likeness (QED) is 0.874. The smallest absolute Gasteiger partial charge is 0.335 e. The Morgan fingerprint density at radius 2 is 1.84 bits per heavy atom. The average Bonchev–Trinajstić information content (AvgIpc) is 2.30. The highest BCUT2D eigenvalue weighted by molar-refractivity contribution is 7.99. The molecule has 2 rings (SSSR count). The molecule has 0 aliphatic rings. The number of carboxylic acids is 1. The van der Waals surface area contributed by atoms with Gasteiger partial charge in [0.25, 0.3) is 0 Å². The van der Waals surface area contributed by atoms with E-state index in [0.29, 0.717) is 10.1 Å². The van der Waals surface area contributed by atoms with Crippen molar-refractivity contribution in [1.82, 2.24) is 9.97 Å². The van der Waals surface area contributed by atoms with Gasteiger partial charge in [-0.1, -0.05) is 0 Å². The first-order valence-corrected chi connectivity index (χ1v) is 6.30. The van der Waals surface area contributed by atoms with E-state index in [0.717, 1.165) is 29.2 Å². The van der Waals surface area contributed by atoms with Crippen molar-refractivity contribution in [3.05, 3.63) is 47.0 Å². The standard InChI is InChI=1S/C13H11FN2O2S/c1-7-5-8(2)16-13(15-7)19-11-4-3-9(12(17)18)6-10(11)14/h3-6H,1-2H3,(H,17,18). The topological polar surface area (TPSA) is 63.1 Å². The van der Waals surface area contributed by atoms with Crippen LogP contribution in [-0.4, -0.2) is 21.0 Å². The summed E-state index contributed by atoms with van der Waals surface area (Å²) in [4.78, 5) is 19.4. The van der Waals surface area contributed by atoms with Crippen LogP contribution >= 0.6 is 11.8 Å². The van der Waals surface area contributed by atoms with E-state index < -0.39 is 11.8 Å². The van der Waals surface area contributed by atoms with Gasteiger partial charge in [0.05, 0.1) is 10.5 Å². The highest BCUT2D eigenvalue weighted by atomic mass is 32.2. The number of carboxylic acid groups (broad SMARTS) is 1. The SMILES string of the molecule is Cc1cc(C)nc(Sc2ccc(C(=O)O)cc2F)n1. The molecule has 0 aliphatic carbocycles. The van der Waals surface area contributed by atoms with Crippen LogP contribution in [0.5, 0.6) is 0 Å². The molecule has 4 nitrogen and oxygen atoms in total. The summed E-state index contributed by atoms with van der Waals surface area (Å²) < 4.78 is 13.8. The maximum Gasteiger partial charge on any atom is 0.335 e. The van der Waals surface area contributed by atoms with Crippen molar-refractivity contribution in [3.8, 4) is 0 Å². The Morgan fingerprint density at radius 3 is 2.37 bits per heavy atom. The number of aromatic nitrogens is 2. The fraction of sp³-hybridized carbons (Fsp3) is 0.154. The second-order valence-corrected chi connectivity index (χ2v) is 4.99. The molecule has 0 atom stereocenters. The Morgan fingerprint density at radius 1 is 1.21 bits per heavy atom. The minimum absolute atomic E-state index is 0.0804. The van der Waals surface area contributed by atoms with E-state index in [1.807, 2.05) is 19.9 Å². The first-order chi connectivity index (χ1) is 8.95. The molecule has 98 valence electrons. The largest absolute Gasteiger partial charge is 0.478 e. The van der Waals surface area contributed by atoms with Gasteiger partial charge in [0.1, 0.15) is 5.82 Å². The van der Waals surface area contributed by atoms with Crippen LogP contribution in [0.2, 0.25) is 0 Å². The van der Waals surface area contributed by atoms with Gasteiger partial charge in [0.2, 0.25) is 0 Å². The Bertz CT molecular complexity index is 626. The van der Waals surface area contributed by atoms with Crippen molar-refractivity contribution in [2.75, 3.05) is 0 Å². The Kier molecular flexibility index (Phi) is 3.80. The lowest BCUT2D eigenvalue weighted by molar-refractivity contribution is 0.0696. The average molecular weight is 278 g/mol. The third-order valence-electron chi connectivity index (χ3n) is 2.34. The predicted octanol–water partition coefficient (Wildman–Crippen LogP) is 3.08. The van der Waals surface area contributed by atoms with Gasteiger partial charge >= 0.3 is 5.97 Å². The molecule has 1 heterocycles. The molecule has 19 heavy (non-hydrogen) atoms. The molecule has 0 saturated heterocycles. The number of rotatable bonds is 3. The summed E-state index contributed by atoms with van der Waals surface area (Å²) in [5, 5.41) is 9.21. The van der Waals surface area contributed by atoms with E-state index in [-0.39, 0.29) is 5.56 Å². The van der Waals surface area contributed by atoms with Crippen molar-refractivity contribution in [1.29, 1.82) is 0 Å². The highest BCUT2D eigenvalue weighted by Crippen LogP contribution is 2.28. The highest BCUT2D eigenvalue weighted by Gasteiger charge is 2.11. The maximum absolute atomic E-state index is 13.8. The summed E-state index contributed by atoms with van der Waals surface area (Å²) in [6, 6.07) is 5.60. The molecule has 1 aromatic heterocycles. The fourth-order valence-electron chi connectivity index (χ4n) is 1.55. The minimum atomic E-state index is -1.15. The molecule has 6 heteroatoms. The van der Waals surface area contributed by atoms with Crippen LogP contribution in [0, 0.1) is 19.7 Å². The summed E-state index contributed by atoms with van der Waals surface area (Å²) in [5.74, 6) is -1.74. The zero-order chi connectivity index (χ0) is 14.0. The maximum atomic E-state index is 13.8. The lowest BCUT2D eigenvalue weighted by Gasteiger charge is -2.04. The third kappa shape index (κ3) is 3.29. The predicted molar refractivity (Wildman–Crippen MR) is 69.0 cm³/mol. The molecule has 0 amide bonds. The molecular formula is C13H11FN2O2S. The lowest BCUT2D eigenvalue weighted by atomic mass is 10.2. The summed E-state index contributed by atoms with van der Waals surface area (Å²) >= 11 is 1.07. The summed E-state index contributed by atoms with van der Waals surface area (Å²) in [6.07, 6.45) is 0. The molecule has 1 N–H and O–H groups in total. The van der Waals surface area contributed by atoms with E-state index >= 15 is 0 Å².